The van der Waals surface area contributed by atoms with Crippen molar-refractivity contribution in [3.63, 3.8) is 0 Å². The highest BCUT2D eigenvalue weighted by Crippen LogP contribution is 2.26. The third-order valence-corrected chi connectivity index (χ3v) is 1.66. The van der Waals surface area contributed by atoms with E-state index < -0.39 is 25.0 Å². The predicted octanol–water partition coefficient (Wildman–Crippen LogP) is -0.154. The monoisotopic (exact) mass is 165 g/mol. The van der Waals surface area contributed by atoms with Crippen molar-refractivity contribution >= 4 is 5.91 Å². The average molecular weight is 165 g/mol. The van der Waals surface area contributed by atoms with E-state index in [4.69, 9.17) is 5.11 Å². The zero-order chi connectivity index (χ0) is 8.48. The normalized spacial score (nSPS) is 22.3. The Bertz CT molecular complexity index is 172. The Balaban J connectivity index is 2.48. The van der Waals surface area contributed by atoms with Crippen molar-refractivity contribution in [2.45, 2.75) is 12.3 Å². The van der Waals surface area contributed by atoms with Crippen LogP contribution in [-0.2, 0) is 4.79 Å². The van der Waals surface area contributed by atoms with Crippen LogP contribution in [0, 0.1) is 0 Å². The standard InChI is InChI=1S/C6H9F2NO2/c7-6(8)1-2-9(4-6)5(11)3-10/h10H,1-4H2. The first-order valence-electron chi connectivity index (χ1n) is 3.32. The summed E-state index contributed by atoms with van der Waals surface area (Å²) in [7, 11) is 0. The van der Waals surface area contributed by atoms with Gasteiger partial charge in [-0.05, 0) is 0 Å². The Morgan fingerprint density at radius 3 is 2.64 bits per heavy atom. The van der Waals surface area contributed by atoms with E-state index in [1.165, 1.54) is 0 Å². The maximum Gasteiger partial charge on any atom is 0.267 e. The summed E-state index contributed by atoms with van der Waals surface area (Å²) in [5, 5.41) is 8.33. The molecule has 5 heteroatoms. The molecule has 1 N–H and O–H groups in total. The molecule has 0 bridgehead atoms. The van der Waals surface area contributed by atoms with Crippen LogP contribution in [0.1, 0.15) is 6.42 Å². The fourth-order valence-electron chi connectivity index (χ4n) is 1.05. The molecule has 0 atom stereocenters. The van der Waals surface area contributed by atoms with Gasteiger partial charge in [0.05, 0.1) is 6.54 Å². The number of rotatable bonds is 1. The van der Waals surface area contributed by atoms with Crippen LogP contribution in [0.15, 0.2) is 0 Å². The number of hydrogen-bond donors (Lipinski definition) is 1. The third kappa shape index (κ3) is 1.86. The molecule has 0 radical (unpaired) electrons. The number of alkyl halides is 2. The molecule has 1 heterocycles. The smallest absolute Gasteiger partial charge is 0.267 e. The molecule has 1 aliphatic heterocycles. The number of aliphatic hydroxyl groups excluding tert-OH is 1. The van der Waals surface area contributed by atoms with Gasteiger partial charge in [0.15, 0.2) is 0 Å². The first-order chi connectivity index (χ1) is 5.05. The van der Waals surface area contributed by atoms with Gasteiger partial charge in [-0.3, -0.25) is 4.79 Å². The maximum atomic E-state index is 12.4. The van der Waals surface area contributed by atoms with Gasteiger partial charge >= 0.3 is 0 Å². The molecule has 3 nitrogen and oxygen atoms in total. The number of halogens is 2. The van der Waals surface area contributed by atoms with Crippen molar-refractivity contribution in [1.29, 1.82) is 0 Å². The Labute approximate surface area is 62.6 Å². The fourth-order valence-corrected chi connectivity index (χ4v) is 1.05. The highest BCUT2D eigenvalue weighted by atomic mass is 19.3. The molecule has 0 unspecified atom stereocenters. The van der Waals surface area contributed by atoms with E-state index in [9.17, 15) is 13.6 Å². The van der Waals surface area contributed by atoms with Crippen LogP contribution < -0.4 is 0 Å². The Hall–Kier alpha value is -0.710. The highest BCUT2D eigenvalue weighted by molar-refractivity contribution is 5.77. The molecule has 1 saturated heterocycles. The molecule has 1 amide bonds. The van der Waals surface area contributed by atoms with Gasteiger partial charge < -0.3 is 10.0 Å². The lowest BCUT2D eigenvalue weighted by atomic mass is 10.3. The van der Waals surface area contributed by atoms with Gasteiger partial charge in [-0.25, -0.2) is 8.78 Å². The number of hydrogen-bond acceptors (Lipinski definition) is 2. The molecule has 64 valence electrons. The van der Waals surface area contributed by atoms with E-state index in [0.29, 0.717) is 0 Å². The van der Waals surface area contributed by atoms with Crippen LogP contribution in [0.5, 0.6) is 0 Å². The number of carbonyl (C=O) groups is 1. The molecular formula is C6H9F2NO2. The lowest BCUT2D eigenvalue weighted by Gasteiger charge is -2.13. The summed E-state index contributed by atoms with van der Waals surface area (Å²) < 4.78 is 24.8. The quantitative estimate of drug-likeness (QED) is 0.586. The minimum Gasteiger partial charge on any atom is -0.387 e. The zero-order valence-electron chi connectivity index (χ0n) is 5.89. The first-order valence-corrected chi connectivity index (χ1v) is 3.32. The van der Waals surface area contributed by atoms with E-state index in [2.05, 4.69) is 0 Å². The summed E-state index contributed by atoms with van der Waals surface area (Å²) in [6.07, 6.45) is -0.293. The summed E-state index contributed by atoms with van der Waals surface area (Å²) in [4.78, 5) is 11.6. The van der Waals surface area contributed by atoms with Gasteiger partial charge in [0.25, 0.3) is 5.92 Å². The van der Waals surface area contributed by atoms with Crippen molar-refractivity contribution in [3.8, 4) is 0 Å². The highest BCUT2D eigenvalue weighted by Gasteiger charge is 2.39. The number of aliphatic hydroxyl groups is 1. The first kappa shape index (κ1) is 8.39. The molecule has 0 aromatic carbocycles. The molecule has 1 fully saturated rings. The molecule has 0 spiro atoms. The summed E-state index contributed by atoms with van der Waals surface area (Å²) in [6.45, 7) is -1.19. The van der Waals surface area contributed by atoms with Crippen LogP contribution >= 0.6 is 0 Å². The summed E-state index contributed by atoms with van der Waals surface area (Å²) in [5.41, 5.74) is 0. The lowest BCUT2D eigenvalue weighted by Crippen LogP contribution is -2.33. The van der Waals surface area contributed by atoms with E-state index in [-0.39, 0.29) is 13.0 Å². The van der Waals surface area contributed by atoms with Crippen molar-refractivity contribution < 1.29 is 18.7 Å². The fraction of sp³-hybridized carbons (Fsp3) is 0.833. The number of nitrogens with zero attached hydrogens (tertiary/aromatic N) is 1. The van der Waals surface area contributed by atoms with Crippen LogP contribution in [0.4, 0.5) is 8.78 Å². The SMILES string of the molecule is O=C(CO)N1CCC(F)(F)C1. The van der Waals surface area contributed by atoms with Crippen LogP contribution in [0.2, 0.25) is 0 Å². The Kier molecular flexibility index (Phi) is 2.08. The topological polar surface area (TPSA) is 40.5 Å². The molecule has 11 heavy (non-hydrogen) atoms. The lowest BCUT2D eigenvalue weighted by molar-refractivity contribution is -0.134. The number of amides is 1. The van der Waals surface area contributed by atoms with Crippen LogP contribution in [0.3, 0.4) is 0 Å². The van der Waals surface area contributed by atoms with E-state index >= 15 is 0 Å². The van der Waals surface area contributed by atoms with Crippen LogP contribution in [-0.4, -0.2) is 41.5 Å². The van der Waals surface area contributed by atoms with Crippen molar-refractivity contribution in [1.82, 2.24) is 4.90 Å². The van der Waals surface area contributed by atoms with Gasteiger partial charge in [-0.15, -0.1) is 0 Å². The molecular weight excluding hydrogens is 156 g/mol. The maximum absolute atomic E-state index is 12.4. The van der Waals surface area contributed by atoms with Gasteiger partial charge in [0.2, 0.25) is 5.91 Å². The Morgan fingerprint density at radius 2 is 2.27 bits per heavy atom. The predicted molar refractivity (Wildman–Crippen MR) is 33.2 cm³/mol. The molecule has 0 aromatic rings. The Morgan fingerprint density at radius 1 is 1.64 bits per heavy atom. The summed E-state index contributed by atoms with van der Waals surface area (Å²) in [6, 6.07) is 0. The number of likely N-dealkylation sites (tertiary alicyclic amines) is 1. The summed E-state index contributed by atoms with van der Waals surface area (Å²) in [5.74, 6) is -3.38. The minimum absolute atomic E-state index is 0.0480. The molecule has 1 aliphatic rings. The van der Waals surface area contributed by atoms with Crippen molar-refractivity contribution in [3.05, 3.63) is 0 Å². The molecule has 1 rings (SSSR count). The van der Waals surface area contributed by atoms with Gasteiger partial charge in [0.1, 0.15) is 6.61 Å². The van der Waals surface area contributed by atoms with Crippen LogP contribution in [0.25, 0.3) is 0 Å². The second-order valence-electron chi connectivity index (χ2n) is 2.58. The van der Waals surface area contributed by atoms with Gasteiger partial charge in [-0.2, -0.15) is 0 Å². The van der Waals surface area contributed by atoms with E-state index in [0.717, 1.165) is 4.90 Å². The molecule has 0 saturated carbocycles. The average Bonchev–Trinajstić information content (AvgIpc) is 2.29. The third-order valence-electron chi connectivity index (χ3n) is 1.66. The molecule has 0 aliphatic carbocycles. The molecule has 0 aromatic heterocycles. The van der Waals surface area contributed by atoms with Gasteiger partial charge in [0, 0.05) is 13.0 Å². The van der Waals surface area contributed by atoms with Crippen molar-refractivity contribution in [2.24, 2.45) is 0 Å². The van der Waals surface area contributed by atoms with E-state index in [1.54, 1.807) is 0 Å². The summed E-state index contributed by atoms with van der Waals surface area (Å²) >= 11 is 0. The zero-order valence-corrected chi connectivity index (χ0v) is 5.89. The second kappa shape index (κ2) is 2.73. The number of carbonyl (C=O) groups excluding carboxylic acids is 1. The second-order valence-corrected chi connectivity index (χ2v) is 2.58. The van der Waals surface area contributed by atoms with Crippen molar-refractivity contribution in [2.75, 3.05) is 19.7 Å². The van der Waals surface area contributed by atoms with Gasteiger partial charge in [-0.1, -0.05) is 0 Å². The van der Waals surface area contributed by atoms with E-state index in [1.807, 2.05) is 0 Å². The largest absolute Gasteiger partial charge is 0.387 e. The minimum atomic E-state index is -2.76.